The lowest BCUT2D eigenvalue weighted by Gasteiger charge is -2.28. The first-order chi connectivity index (χ1) is 10.3. The molecule has 0 amide bonds. The van der Waals surface area contributed by atoms with Crippen LogP contribution in [-0.4, -0.2) is 34.7 Å². The van der Waals surface area contributed by atoms with Crippen molar-refractivity contribution >= 4 is 0 Å². The minimum absolute atomic E-state index is 0.141. The molecule has 1 aromatic carbocycles. The van der Waals surface area contributed by atoms with E-state index in [-0.39, 0.29) is 11.7 Å². The normalized spacial score (nSPS) is 19.3. The molecular weight excluding hydrogens is 271 g/mol. The van der Waals surface area contributed by atoms with Gasteiger partial charge in [0.15, 0.2) is 0 Å². The summed E-state index contributed by atoms with van der Waals surface area (Å²) in [4.78, 5) is 6.47. The number of rotatable bonds is 3. The van der Waals surface area contributed by atoms with Crippen LogP contribution in [0.1, 0.15) is 24.7 Å². The van der Waals surface area contributed by atoms with Crippen LogP contribution in [0.5, 0.6) is 0 Å². The number of hydrogen-bond donors (Lipinski definition) is 0. The largest absolute Gasteiger partial charge is 0.339 e. The van der Waals surface area contributed by atoms with Gasteiger partial charge in [-0.3, -0.25) is 4.90 Å². The van der Waals surface area contributed by atoms with Gasteiger partial charge in [-0.2, -0.15) is 10.2 Å². The molecular formula is C15H15FN4O. The third-order valence-corrected chi connectivity index (χ3v) is 3.67. The van der Waals surface area contributed by atoms with Crippen molar-refractivity contribution in [2.24, 2.45) is 0 Å². The van der Waals surface area contributed by atoms with Crippen LogP contribution in [0, 0.1) is 17.1 Å². The van der Waals surface area contributed by atoms with E-state index in [9.17, 15) is 4.39 Å². The second-order valence-corrected chi connectivity index (χ2v) is 5.20. The predicted molar refractivity (Wildman–Crippen MR) is 73.7 cm³/mol. The van der Waals surface area contributed by atoms with Gasteiger partial charge in [-0.15, -0.1) is 0 Å². The van der Waals surface area contributed by atoms with E-state index in [0.29, 0.717) is 23.8 Å². The summed E-state index contributed by atoms with van der Waals surface area (Å²) < 4.78 is 18.6. The van der Waals surface area contributed by atoms with Crippen LogP contribution in [0.15, 0.2) is 28.8 Å². The number of piperidine rings is 1. The fourth-order valence-electron chi connectivity index (χ4n) is 2.65. The first kappa shape index (κ1) is 13.7. The molecule has 1 saturated heterocycles. The maximum Gasteiger partial charge on any atom is 0.231 e. The van der Waals surface area contributed by atoms with E-state index in [1.165, 1.54) is 12.1 Å². The smallest absolute Gasteiger partial charge is 0.231 e. The minimum Gasteiger partial charge on any atom is -0.339 e. The molecule has 0 spiro atoms. The van der Waals surface area contributed by atoms with Crippen molar-refractivity contribution in [2.45, 2.75) is 18.8 Å². The van der Waals surface area contributed by atoms with Gasteiger partial charge in [-0.25, -0.2) is 4.39 Å². The predicted octanol–water partition coefficient (Wildman–Crippen LogP) is 2.58. The first-order valence-corrected chi connectivity index (χ1v) is 6.95. The number of aromatic nitrogens is 2. The average molecular weight is 286 g/mol. The van der Waals surface area contributed by atoms with Crippen molar-refractivity contribution in [1.82, 2.24) is 15.0 Å². The standard InChI is InChI=1S/C15H15FN4O/c16-13-5-1-3-11(9-13)14-18-15(21-19-14)12-4-2-7-20(10-12)8-6-17/h1,3,5,9,12H,2,4,7-8,10H2/t12-/m1/s1. The molecule has 1 aliphatic heterocycles. The summed E-state index contributed by atoms with van der Waals surface area (Å²) in [5.41, 5.74) is 0.606. The number of hydrogen-bond acceptors (Lipinski definition) is 5. The molecule has 0 unspecified atom stereocenters. The van der Waals surface area contributed by atoms with Gasteiger partial charge in [0.2, 0.25) is 11.7 Å². The van der Waals surface area contributed by atoms with E-state index in [2.05, 4.69) is 21.1 Å². The summed E-state index contributed by atoms with van der Waals surface area (Å²) in [6.07, 6.45) is 1.97. The molecule has 1 aromatic heterocycles. The van der Waals surface area contributed by atoms with E-state index < -0.39 is 0 Å². The minimum atomic E-state index is -0.322. The van der Waals surface area contributed by atoms with Crippen molar-refractivity contribution in [3.05, 3.63) is 36.0 Å². The average Bonchev–Trinajstić information content (AvgIpc) is 2.98. The lowest BCUT2D eigenvalue weighted by molar-refractivity contribution is 0.204. The van der Waals surface area contributed by atoms with E-state index in [1.54, 1.807) is 12.1 Å². The van der Waals surface area contributed by atoms with Crippen LogP contribution >= 0.6 is 0 Å². The molecule has 0 N–H and O–H groups in total. The quantitative estimate of drug-likeness (QED) is 0.811. The molecule has 6 heteroatoms. The van der Waals surface area contributed by atoms with Gasteiger partial charge in [0.1, 0.15) is 5.82 Å². The van der Waals surface area contributed by atoms with Crippen LogP contribution in [0.25, 0.3) is 11.4 Å². The second kappa shape index (κ2) is 6.02. The lowest BCUT2D eigenvalue weighted by atomic mass is 9.98. The number of nitriles is 1. The summed E-state index contributed by atoms with van der Waals surface area (Å²) in [7, 11) is 0. The van der Waals surface area contributed by atoms with Crippen molar-refractivity contribution < 1.29 is 8.91 Å². The first-order valence-electron chi connectivity index (χ1n) is 6.95. The van der Waals surface area contributed by atoms with E-state index in [0.717, 1.165) is 25.9 Å². The summed E-state index contributed by atoms with van der Waals surface area (Å²) in [6, 6.07) is 8.30. The zero-order valence-electron chi connectivity index (χ0n) is 11.5. The highest BCUT2D eigenvalue weighted by molar-refractivity contribution is 5.53. The Bertz CT molecular complexity index is 664. The summed E-state index contributed by atoms with van der Waals surface area (Å²) in [5, 5.41) is 12.7. The lowest BCUT2D eigenvalue weighted by Crippen LogP contribution is -2.34. The number of likely N-dealkylation sites (tertiary alicyclic amines) is 1. The fourth-order valence-corrected chi connectivity index (χ4v) is 2.65. The molecule has 3 rings (SSSR count). The van der Waals surface area contributed by atoms with Crippen LogP contribution in [0.3, 0.4) is 0 Å². The van der Waals surface area contributed by atoms with Gasteiger partial charge in [0.25, 0.3) is 0 Å². The monoisotopic (exact) mass is 286 g/mol. The summed E-state index contributed by atoms with van der Waals surface area (Å²) in [5.74, 6) is 0.789. The molecule has 0 aliphatic carbocycles. The molecule has 2 heterocycles. The molecule has 1 aliphatic rings. The Labute approximate surface area is 122 Å². The Balaban J connectivity index is 1.77. The molecule has 5 nitrogen and oxygen atoms in total. The number of halogens is 1. The second-order valence-electron chi connectivity index (χ2n) is 5.20. The zero-order valence-corrected chi connectivity index (χ0v) is 11.5. The van der Waals surface area contributed by atoms with Crippen LogP contribution < -0.4 is 0 Å². The molecule has 21 heavy (non-hydrogen) atoms. The number of nitrogens with zero attached hydrogens (tertiary/aromatic N) is 4. The van der Waals surface area contributed by atoms with E-state index in [4.69, 9.17) is 9.78 Å². The van der Waals surface area contributed by atoms with Crippen LogP contribution in [0.2, 0.25) is 0 Å². The molecule has 108 valence electrons. The summed E-state index contributed by atoms with van der Waals surface area (Å²) >= 11 is 0. The third-order valence-electron chi connectivity index (χ3n) is 3.67. The van der Waals surface area contributed by atoms with Gasteiger partial charge < -0.3 is 4.52 Å². The van der Waals surface area contributed by atoms with Crippen molar-refractivity contribution in [3.63, 3.8) is 0 Å². The highest BCUT2D eigenvalue weighted by Crippen LogP contribution is 2.27. The van der Waals surface area contributed by atoms with Gasteiger partial charge in [-0.05, 0) is 31.5 Å². The highest BCUT2D eigenvalue weighted by atomic mass is 19.1. The molecule has 1 atom stereocenters. The Morgan fingerprint density at radius 1 is 1.48 bits per heavy atom. The fraction of sp³-hybridized carbons (Fsp3) is 0.400. The Morgan fingerprint density at radius 2 is 2.38 bits per heavy atom. The summed E-state index contributed by atoms with van der Waals surface area (Å²) in [6.45, 7) is 2.09. The van der Waals surface area contributed by atoms with Crippen molar-refractivity contribution in [2.75, 3.05) is 19.6 Å². The topological polar surface area (TPSA) is 66.0 Å². The molecule has 1 fully saturated rings. The van der Waals surface area contributed by atoms with E-state index >= 15 is 0 Å². The van der Waals surface area contributed by atoms with Gasteiger partial charge in [-0.1, -0.05) is 17.3 Å². The van der Waals surface area contributed by atoms with Gasteiger partial charge in [0.05, 0.1) is 18.5 Å². The maximum atomic E-state index is 13.2. The molecule has 0 bridgehead atoms. The van der Waals surface area contributed by atoms with Crippen molar-refractivity contribution in [1.29, 1.82) is 5.26 Å². The molecule has 0 saturated carbocycles. The SMILES string of the molecule is N#CCN1CCC[C@@H](c2nc(-c3cccc(F)c3)no2)C1. The Hall–Kier alpha value is -2.26. The molecule has 2 aromatic rings. The zero-order chi connectivity index (χ0) is 14.7. The van der Waals surface area contributed by atoms with Gasteiger partial charge >= 0.3 is 0 Å². The maximum absolute atomic E-state index is 13.2. The number of benzene rings is 1. The van der Waals surface area contributed by atoms with Crippen LogP contribution in [0.4, 0.5) is 4.39 Å². The van der Waals surface area contributed by atoms with Crippen molar-refractivity contribution in [3.8, 4) is 17.5 Å². The van der Waals surface area contributed by atoms with Crippen LogP contribution in [-0.2, 0) is 0 Å². The third kappa shape index (κ3) is 3.09. The molecule has 0 radical (unpaired) electrons. The Morgan fingerprint density at radius 3 is 3.19 bits per heavy atom. The van der Waals surface area contributed by atoms with Gasteiger partial charge in [0, 0.05) is 12.1 Å². The highest BCUT2D eigenvalue weighted by Gasteiger charge is 2.26. The Kier molecular flexibility index (Phi) is 3.93. The van der Waals surface area contributed by atoms with E-state index in [1.807, 2.05) is 0 Å².